The van der Waals surface area contributed by atoms with E-state index in [2.05, 4.69) is 31.0 Å². The summed E-state index contributed by atoms with van der Waals surface area (Å²) in [6.45, 7) is 0.636. The predicted octanol–water partition coefficient (Wildman–Crippen LogP) is 0.914. The highest BCUT2D eigenvalue weighted by atomic mass is 79.9. The van der Waals surface area contributed by atoms with Crippen molar-refractivity contribution in [2.24, 2.45) is 27.2 Å². The number of aromatic nitrogens is 2. The first kappa shape index (κ1) is 14.1. The van der Waals surface area contributed by atoms with Crippen LogP contribution in [0.4, 0.5) is 5.69 Å². The van der Waals surface area contributed by atoms with Crippen molar-refractivity contribution in [1.82, 2.24) is 9.78 Å². The van der Waals surface area contributed by atoms with Crippen LogP contribution in [0.2, 0.25) is 0 Å². The van der Waals surface area contributed by atoms with Gasteiger partial charge in [-0.05, 0) is 33.6 Å². The third-order valence-electron chi connectivity index (χ3n) is 2.34. The minimum atomic E-state index is -0.121. The molecular formula is C12H14BrN7. The fourth-order valence-electron chi connectivity index (χ4n) is 1.63. The van der Waals surface area contributed by atoms with Crippen LogP contribution >= 0.6 is 15.9 Å². The van der Waals surface area contributed by atoms with Crippen LogP contribution in [0.3, 0.4) is 0 Å². The Labute approximate surface area is 124 Å². The van der Waals surface area contributed by atoms with Crippen LogP contribution in [0.25, 0.3) is 0 Å². The van der Waals surface area contributed by atoms with Gasteiger partial charge in [-0.25, -0.2) is 4.99 Å². The van der Waals surface area contributed by atoms with Crippen molar-refractivity contribution in [2.75, 3.05) is 0 Å². The molecule has 0 aliphatic rings. The van der Waals surface area contributed by atoms with Crippen LogP contribution in [0.1, 0.15) is 5.56 Å². The summed E-state index contributed by atoms with van der Waals surface area (Å²) in [5.74, 6) is -0.104. The van der Waals surface area contributed by atoms with E-state index in [1.54, 1.807) is 6.20 Å². The maximum absolute atomic E-state index is 5.59. The number of nitrogens with two attached hydrogens (primary N) is 3. The van der Waals surface area contributed by atoms with E-state index < -0.39 is 0 Å². The summed E-state index contributed by atoms with van der Waals surface area (Å²) in [6.07, 6.45) is 3.63. The average molecular weight is 336 g/mol. The van der Waals surface area contributed by atoms with Gasteiger partial charge in [0.15, 0.2) is 5.96 Å². The maximum atomic E-state index is 5.59. The van der Waals surface area contributed by atoms with Crippen LogP contribution in [0.15, 0.2) is 51.1 Å². The lowest BCUT2D eigenvalue weighted by atomic mass is 10.2. The molecule has 1 heterocycles. The summed E-state index contributed by atoms with van der Waals surface area (Å²) in [5, 5.41) is 4.20. The summed E-state index contributed by atoms with van der Waals surface area (Å²) in [4.78, 5) is 7.78. The summed E-state index contributed by atoms with van der Waals surface area (Å²) in [5.41, 5.74) is 17.8. The molecule has 0 radical (unpaired) electrons. The molecule has 0 saturated heterocycles. The van der Waals surface area contributed by atoms with Gasteiger partial charge in [-0.15, -0.1) is 0 Å². The second-order valence-electron chi connectivity index (χ2n) is 4.03. The van der Waals surface area contributed by atoms with Crippen LogP contribution < -0.4 is 17.2 Å². The van der Waals surface area contributed by atoms with Gasteiger partial charge in [0.2, 0.25) is 5.96 Å². The lowest BCUT2D eigenvalue weighted by Crippen LogP contribution is -2.26. The van der Waals surface area contributed by atoms with Crippen molar-refractivity contribution < 1.29 is 0 Å². The van der Waals surface area contributed by atoms with E-state index in [-0.39, 0.29) is 11.9 Å². The molecule has 2 rings (SSSR count). The van der Waals surface area contributed by atoms with Gasteiger partial charge in [0.05, 0.1) is 22.9 Å². The molecule has 0 spiro atoms. The van der Waals surface area contributed by atoms with Crippen LogP contribution in [0, 0.1) is 0 Å². The number of rotatable bonds is 3. The molecule has 0 aliphatic carbocycles. The Kier molecular flexibility index (Phi) is 4.36. The van der Waals surface area contributed by atoms with Crippen molar-refractivity contribution in [3.63, 3.8) is 0 Å². The molecular weight excluding hydrogens is 322 g/mol. The van der Waals surface area contributed by atoms with Crippen molar-refractivity contribution in [3.05, 3.63) is 46.7 Å². The molecule has 0 amide bonds. The van der Waals surface area contributed by atoms with Gasteiger partial charge < -0.3 is 17.2 Å². The van der Waals surface area contributed by atoms with Gasteiger partial charge >= 0.3 is 0 Å². The van der Waals surface area contributed by atoms with E-state index in [4.69, 9.17) is 17.2 Å². The Morgan fingerprint density at radius 1 is 1.30 bits per heavy atom. The molecule has 2 aromatic rings. The molecule has 0 unspecified atom stereocenters. The molecule has 1 aromatic heterocycles. The zero-order valence-electron chi connectivity index (χ0n) is 10.6. The normalized spacial score (nSPS) is 11.3. The highest BCUT2D eigenvalue weighted by molar-refractivity contribution is 9.10. The Morgan fingerprint density at radius 3 is 2.75 bits per heavy atom. The molecule has 0 aliphatic heterocycles. The molecule has 20 heavy (non-hydrogen) atoms. The van der Waals surface area contributed by atoms with Gasteiger partial charge in [-0.1, -0.05) is 12.1 Å². The molecule has 7 nitrogen and oxygen atoms in total. The maximum Gasteiger partial charge on any atom is 0.223 e. The highest BCUT2D eigenvalue weighted by Gasteiger charge is 2.00. The molecule has 8 heteroatoms. The highest BCUT2D eigenvalue weighted by Crippen LogP contribution is 2.16. The topological polar surface area (TPSA) is 121 Å². The van der Waals surface area contributed by atoms with E-state index in [0.29, 0.717) is 12.2 Å². The van der Waals surface area contributed by atoms with E-state index >= 15 is 0 Å². The summed E-state index contributed by atoms with van der Waals surface area (Å²) in [7, 11) is 0. The van der Waals surface area contributed by atoms with Crippen molar-refractivity contribution in [1.29, 1.82) is 0 Å². The first-order chi connectivity index (χ1) is 9.52. The first-order valence-electron chi connectivity index (χ1n) is 5.73. The first-order valence-corrected chi connectivity index (χ1v) is 6.53. The molecule has 0 atom stereocenters. The standard InChI is InChI=1S/C12H14BrN7/c13-9-5-17-20(7-9)6-8-2-1-3-10(4-8)18-12(16)19-11(14)15/h1-5,7H,6H2,(H6,14,15,16,18,19). The zero-order chi connectivity index (χ0) is 14.5. The number of benzene rings is 1. The Hall–Kier alpha value is -2.35. The fraction of sp³-hybridized carbons (Fsp3) is 0.0833. The number of halogens is 1. The van der Waals surface area contributed by atoms with Crippen molar-refractivity contribution >= 4 is 33.5 Å². The number of hydrogen-bond acceptors (Lipinski definition) is 2. The molecule has 0 bridgehead atoms. The molecule has 104 valence electrons. The van der Waals surface area contributed by atoms with Gasteiger partial charge in [-0.3, -0.25) is 4.68 Å². The smallest absolute Gasteiger partial charge is 0.223 e. The van der Waals surface area contributed by atoms with Gasteiger partial charge in [0.1, 0.15) is 0 Å². The lowest BCUT2D eigenvalue weighted by molar-refractivity contribution is 0.687. The Bertz CT molecular complexity index is 655. The third-order valence-corrected chi connectivity index (χ3v) is 2.75. The third kappa shape index (κ3) is 4.09. The summed E-state index contributed by atoms with van der Waals surface area (Å²) >= 11 is 3.36. The Morgan fingerprint density at radius 2 is 2.10 bits per heavy atom. The molecule has 0 fully saturated rings. The largest absolute Gasteiger partial charge is 0.370 e. The number of hydrogen-bond donors (Lipinski definition) is 3. The van der Waals surface area contributed by atoms with E-state index in [9.17, 15) is 0 Å². The van der Waals surface area contributed by atoms with Crippen LogP contribution in [-0.2, 0) is 6.54 Å². The van der Waals surface area contributed by atoms with Gasteiger partial charge in [-0.2, -0.15) is 10.1 Å². The number of guanidine groups is 2. The molecule has 6 N–H and O–H groups in total. The van der Waals surface area contributed by atoms with Gasteiger partial charge in [0.25, 0.3) is 0 Å². The van der Waals surface area contributed by atoms with Gasteiger partial charge in [0, 0.05) is 6.20 Å². The summed E-state index contributed by atoms with van der Waals surface area (Å²) < 4.78 is 2.75. The minimum absolute atomic E-state index is 0.0176. The number of nitrogens with zero attached hydrogens (tertiary/aromatic N) is 4. The predicted molar refractivity (Wildman–Crippen MR) is 82.6 cm³/mol. The van der Waals surface area contributed by atoms with Crippen molar-refractivity contribution in [2.45, 2.75) is 6.54 Å². The van der Waals surface area contributed by atoms with E-state index in [1.807, 2.05) is 35.1 Å². The zero-order valence-corrected chi connectivity index (χ0v) is 12.2. The SMILES string of the molecule is NC(N)=NC(N)=Nc1cccc(Cn2cc(Br)cn2)c1. The fourth-order valence-corrected chi connectivity index (χ4v) is 1.95. The average Bonchev–Trinajstić information content (AvgIpc) is 2.74. The van der Waals surface area contributed by atoms with E-state index in [1.165, 1.54) is 0 Å². The second kappa shape index (κ2) is 6.20. The Balaban J connectivity index is 2.18. The summed E-state index contributed by atoms with van der Waals surface area (Å²) in [6, 6.07) is 7.57. The van der Waals surface area contributed by atoms with Crippen LogP contribution in [-0.4, -0.2) is 21.7 Å². The molecule has 1 aromatic carbocycles. The monoisotopic (exact) mass is 335 g/mol. The minimum Gasteiger partial charge on any atom is -0.370 e. The quantitative estimate of drug-likeness (QED) is 0.570. The second-order valence-corrected chi connectivity index (χ2v) is 4.95. The van der Waals surface area contributed by atoms with Crippen LogP contribution in [0.5, 0.6) is 0 Å². The molecule has 0 saturated carbocycles. The number of aliphatic imine (C=N–C) groups is 2. The van der Waals surface area contributed by atoms with Crippen molar-refractivity contribution in [3.8, 4) is 0 Å². The van der Waals surface area contributed by atoms with E-state index in [0.717, 1.165) is 10.0 Å². The lowest BCUT2D eigenvalue weighted by Gasteiger charge is -2.03.